The van der Waals surface area contributed by atoms with Gasteiger partial charge in [0.15, 0.2) is 5.65 Å². The smallest absolute Gasteiger partial charge is 0.273 e. The van der Waals surface area contributed by atoms with E-state index in [0.717, 1.165) is 22.5 Å². The predicted molar refractivity (Wildman–Crippen MR) is 125 cm³/mol. The van der Waals surface area contributed by atoms with Crippen molar-refractivity contribution >= 4 is 28.7 Å². The maximum Gasteiger partial charge on any atom is 0.273 e. The van der Waals surface area contributed by atoms with Crippen molar-refractivity contribution in [3.63, 3.8) is 0 Å². The fraction of sp³-hybridized carbons (Fsp3) is 0.250. The van der Waals surface area contributed by atoms with E-state index in [0.29, 0.717) is 28.4 Å². The predicted octanol–water partition coefficient (Wildman–Crippen LogP) is 3.64. The zero-order valence-electron chi connectivity index (χ0n) is 18.2. The van der Waals surface area contributed by atoms with Gasteiger partial charge in [-0.15, -0.1) is 0 Å². The molecule has 7 nitrogen and oxygen atoms in total. The molecule has 0 aliphatic heterocycles. The first-order chi connectivity index (χ1) is 15.3. The van der Waals surface area contributed by atoms with Gasteiger partial charge in [-0.25, -0.2) is 9.67 Å². The van der Waals surface area contributed by atoms with E-state index in [2.05, 4.69) is 15.4 Å². The lowest BCUT2D eigenvalue weighted by atomic mass is 10.2. The maximum atomic E-state index is 13.0. The minimum Gasteiger partial charge on any atom is -0.352 e. The van der Waals surface area contributed by atoms with Gasteiger partial charge in [0.2, 0.25) is 5.91 Å². The second-order valence-electron chi connectivity index (χ2n) is 7.83. The summed E-state index contributed by atoms with van der Waals surface area (Å²) >= 11 is 5.98. The van der Waals surface area contributed by atoms with Crippen LogP contribution < -0.4 is 10.9 Å². The molecule has 0 radical (unpaired) electrons. The Labute approximate surface area is 190 Å². The van der Waals surface area contributed by atoms with Crippen LogP contribution in [0.2, 0.25) is 5.02 Å². The number of fused-ring (bicyclic) bond motifs is 1. The van der Waals surface area contributed by atoms with E-state index in [1.165, 1.54) is 0 Å². The monoisotopic (exact) mass is 449 g/mol. The highest BCUT2D eigenvalue weighted by atomic mass is 35.5. The lowest BCUT2D eigenvalue weighted by Crippen LogP contribution is -2.27. The standard InChI is InChI=1S/C24H24ClN5O2/c1-15-7-9-19(10-8-15)30-23-22(16(2)28-30)27-20(24(32)29(23)3)11-12-21(31)26-14-17-5-4-6-18(25)13-17/h4-10,13H,11-12,14H2,1-3H3,(H,26,31). The fourth-order valence-electron chi connectivity index (χ4n) is 3.61. The molecule has 1 N–H and O–H groups in total. The van der Waals surface area contributed by atoms with Crippen LogP contribution in [0, 0.1) is 13.8 Å². The molecule has 0 atom stereocenters. The van der Waals surface area contributed by atoms with Crippen LogP contribution >= 0.6 is 11.6 Å². The van der Waals surface area contributed by atoms with Crippen LogP contribution in [0.15, 0.2) is 53.3 Å². The van der Waals surface area contributed by atoms with Crippen molar-refractivity contribution in [2.24, 2.45) is 7.05 Å². The van der Waals surface area contributed by atoms with Crippen LogP contribution in [0.5, 0.6) is 0 Å². The van der Waals surface area contributed by atoms with Gasteiger partial charge in [0.05, 0.1) is 11.4 Å². The van der Waals surface area contributed by atoms with Gasteiger partial charge >= 0.3 is 0 Å². The van der Waals surface area contributed by atoms with E-state index < -0.39 is 0 Å². The van der Waals surface area contributed by atoms with Gasteiger partial charge in [-0.3, -0.25) is 14.2 Å². The summed E-state index contributed by atoms with van der Waals surface area (Å²) in [5.74, 6) is -0.152. The van der Waals surface area contributed by atoms with Gasteiger partial charge in [0.25, 0.3) is 5.56 Å². The van der Waals surface area contributed by atoms with Gasteiger partial charge in [-0.2, -0.15) is 5.10 Å². The number of hydrogen-bond donors (Lipinski definition) is 1. The largest absolute Gasteiger partial charge is 0.352 e. The Kier molecular flexibility index (Phi) is 6.10. The first-order valence-corrected chi connectivity index (χ1v) is 10.7. The summed E-state index contributed by atoms with van der Waals surface area (Å²) in [6, 6.07) is 15.3. The zero-order valence-corrected chi connectivity index (χ0v) is 19.0. The lowest BCUT2D eigenvalue weighted by molar-refractivity contribution is -0.121. The number of halogens is 1. The topological polar surface area (TPSA) is 81.8 Å². The molecule has 0 fully saturated rings. The molecule has 32 heavy (non-hydrogen) atoms. The summed E-state index contributed by atoms with van der Waals surface area (Å²) in [5.41, 5.74) is 5.05. The molecule has 0 saturated carbocycles. The summed E-state index contributed by atoms with van der Waals surface area (Å²) < 4.78 is 3.29. The van der Waals surface area contributed by atoms with Crippen LogP contribution in [0.3, 0.4) is 0 Å². The van der Waals surface area contributed by atoms with Gasteiger partial charge in [-0.05, 0) is 43.7 Å². The first-order valence-electron chi connectivity index (χ1n) is 10.4. The molecule has 164 valence electrons. The number of amides is 1. The molecule has 2 aromatic heterocycles. The summed E-state index contributed by atoms with van der Waals surface area (Å²) in [4.78, 5) is 29.9. The number of nitrogens with one attached hydrogen (secondary N) is 1. The Bertz CT molecular complexity index is 1360. The van der Waals surface area contributed by atoms with Crippen molar-refractivity contribution in [1.29, 1.82) is 0 Å². The Balaban J connectivity index is 1.54. The Morgan fingerprint density at radius 1 is 1.12 bits per heavy atom. The van der Waals surface area contributed by atoms with E-state index in [1.807, 2.05) is 56.3 Å². The van der Waals surface area contributed by atoms with E-state index in [-0.39, 0.29) is 24.3 Å². The molecule has 0 unspecified atom stereocenters. The maximum absolute atomic E-state index is 13.0. The number of aryl methyl sites for hydroxylation is 4. The minimum atomic E-state index is -0.228. The minimum absolute atomic E-state index is 0.152. The van der Waals surface area contributed by atoms with Gasteiger partial charge in [0.1, 0.15) is 11.2 Å². The third-order valence-electron chi connectivity index (χ3n) is 5.37. The molecular formula is C24H24ClN5O2. The molecule has 4 aromatic rings. The average Bonchev–Trinajstić information content (AvgIpc) is 3.10. The zero-order chi connectivity index (χ0) is 22.8. The Morgan fingerprint density at radius 3 is 2.59 bits per heavy atom. The van der Waals surface area contributed by atoms with Gasteiger partial charge in [0, 0.05) is 31.5 Å². The third-order valence-corrected chi connectivity index (χ3v) is 5.60. The van der Waals surface area contributed by atoms with Crippen molar-refractivity contribution in [3.05, 3.63) is 86.4 Å². The Hall–Kier alpha value is -3.45. The molecular weight excluding hydrogens is 426 g/mol. The van der Waals surface area contributed by atoms with E-state index in [1.54, 1.807) is 22.4 Å². The van der Waals surface area contributed by atoms with E-state index >= 15 is 0 Å². The van der Waals surface area contributed by atoms with Crippen LogP contribution in [0.1, 0.15) is 28.9 Å². The van der Waals surface area contributed by atoms with Gasteiger partial charge < -0.3 is 5.32 Å². The van der Waals surface area contributed by atoms with Crippen molar-refractivity contribution in [2.75, 3.05) is 0 Å². The summed E-state index contributed by atoms with van der Waals surface area (Å²) in [7, 11) is 1.71. The number of rotatable bonds is 6. The molecule has 1 amide bonds. The number of carbonyl (C=O) groups is 1. The quantitative estimate of drug-likeness (QED) is 0.487. The van der Waals surface area contributed by atoms with Gasteiger partial charge in [-0.1, -0.05) is 41.4 Å². The number of nitrogens with zero attached hydrogens (tertiary/aromatic N) is 4. The van der Waals surface area contributed by atoms with Crippen molar-refractivity contribution in [2.45, 2.75) is 33.2 Å². The summed E-state index contributed by atoms with van der Waals surface area (Å²) in [6.07, 6.45) is 0.415. The van der Waals surface area contributed by atoms with Crippen LogP contribution in [-0.2, 0) is 24.8 Å². The number of hydrogen-bond acceptors (Lipinski definition) is 4. The second-order valence-corrected chi connectivity index (χ2v) is 8.27. The van der Waals surface area contributed by atoms with E-state index in [9.17, 15) is 9.59 Å². The first kappa shape index (κ1) is 21.8. The average molecular weight is 450 g/mol. The second kappa shape index (κ2) is 8.96. The molecule has 0 saturated heterocycles. The molecule has 0 aliphatic carbocycles. The summed E-state index contributed by atoms with van der Waals surface area (Å²) in [5, 5.41) is 8.09. The lowest BCUT2D eigenvalue weighted by Gasteiger charge is -2.09. The number of aromatic nitrogens is 4. The molecule has 8 heteroatoms. The van der Waals surface area contributed by atoms with E-state index in [4.69, 9.17) is 11.6 Å². The highest BCUT2D eigenvalue weighted by molar-refractivity contribution is 6.30. The highest BCUT2D eigenvalue weighted by Crippen LogP contribution is 2.19. The third kappa shape index (κ3) is 4.43. The molecule has 4 rings (SSSR count). The SMILES string of the molecule is Cc1ccc(-n2nc(C)c3nc(CCC(=O)NCc4cccc(Cl)c4)c(=O)n(C)c32)cc1. The van der Waals surface area contributed by atoms with Crippen molar-refractivity contribution < 1.29 is 4.79 Å². The highest BCUT2D eigenvalue weighted by Gasteiger charge is 2.18. The number of carbonyl (C=O) groups excluding carboxylic acids is 1. The van der Waals surface area contributed by atoms with Crippen LogP contribution in [0.25, 0.3) is 16.9 Å². The normalized spacial score (nSPS) is 11.1. The number of benzene rings is 2. The van der Waals surface area contributed by atoms with Crippen LogP contribution in [0.4, 0.5) is 0 Å². The van der Waals surface area contributed by atoms with Crippen molar-refractivity contribution in [3.8, 4) is 5.69 Å². The van der Waals surface area contributed by atoms with Crippen LogP contribution in [-0.4, -0.2) is 25.2 Å². The molecule has 2 heterocycles. The molecule has 0 spiro atoms. The Morgan fingerprint density at radius 2 is 1.88 bits per heavy atom. The molecule has 0 bridgehead atoms. The summed E-state index contributed by atoms with van der Waals surface area (Å²) in [6.45, 7) is 4.27. The van der Waals surface area contributed by atoms with Crippen molar-refractivity contribution in [1.82, 2.24) is 24.6 Å². The molecule has 2 aromatic carbocycles. The molecule has 0 aliphatic rings. The fourth-order valence-corrected chi connectivity index (χ4v) is 3.82.